The van der Waals surface area contributed by atoms with Crippen LogP contribution in [-0.2, 0) is 23.0 Å². The highest BCUT2D eigenvalue weighted by Gasteiger charge is 2.23. The molecule has 0 saturated carbocycles. The first-order chi connectivity index (χ1) is 19.2. The lowest BCUT2D eigenvalue weighted by Gasteiger charge is -2.34. The number of nitrogens with zero attached hydrogens (tertiary/aromatic N) is 6. The SMILES string of the molecule is CCc1c(Cl)nc(NS(=O)(=O)c2cnn(Cc3ccccc3)c2)nc1Oc1cccc(N2CCN(C)CC2)c1Cl. The van der Waals surface area contributed by atoms with Crippen LogP contribution in [0, 0.1) is 0 Å². The summed E-state index contributed by atoms with van der Waals surface area (Å²) < 4.78 is 36.4. The second kappa shape index (κ2) is 12.0. The second-order valence-corrected chi connectivity index (χ2v) is 11.8. The molecule has 0 unspecified atom stereocenters. The second-order valence-electron chi connectivity index (χ2n) is 9.42. The number of nitrogens with one attached hydrogen (secondary N) is 1. The zero-order valence-corrected chi connectivity index (χ0v) is 24.4. The van der Waals surface area contributed by atoms with Crippen molar-refractivity contribution in [3.05, 3.63) is 82.2 Å². The Morgan fingerprint density at radius 3 is 2.48 bits per heavy atom. The number of rotatable bonds is 9. The Balaban J connectivity index is 1.38. The summed E-state index contributed by atoms with van der Waals surface area (Å²) in [5.41, 5.74) is 2.38. The summed E-state index contributed by atoms with van der Waals surface area (Å²) in [6.07, 6.45) is 3.18. The Bertz CT molecular complexity index is 1590. The van der Waals surface area contributed by atoms with Crippen LogP contribution in [0.2, 0.25) is 10.2 Å². The average Bonchev–Trinajstić information content (AvgIpc) is 3.40. The van der Waals surface area contributed by atoms with Crippen LogP contribution in [-0.4, -0.2) is 66.3 Å². The summed E-state index contributed by atoms with van der Waals surface area (Å²) in [4.78, 5) is 13.0. The van der Waals surface area contributed by atoms with E-state index in [0.29, 0.717) is 29.3 Å². The molecule has 10 nitrogen and oxygen atoms in total. The van der Waals surface area contributed by atoms with Crippen LogP contribution in [0.25, 0.3) is 0 Å². The molecule has 210 valence electrons. The van der Waals surface area contributed by atoms with Crippen LogP contribution < -0.4 is 14.4 Å². The van der Waals surface area contributed by atoms with E-state index in [1.807, 2.05) is 49.4 Å². The minimum Gasteiger partial charge on any atom is -0.437 e. The van der Waals surface area contributed by atoms with Crippen molar-refractivity contribution < 1.29 is 13.2 Å². The van der Waals surface area contributed by atoms with Crippen molar-refractivity contribution >= 4 is 44.9 Å². The minimum absolute atomic E-state index is 0.0342. The molecule has 1 N–H and O–H groups in total. The third kappa shape index (κ3) is 6.33. The lowest BCUT2D eigenvalue weighted by molar-refractivity contribution is 0.313. The monoisotopic (exact) mass is 601 g/mol. The number of piperazine rings is 1. The molecule has 13 heteroatoms. The van der Waals surface area contributed by atoms with E-state index in [-0.39, 0.29) is 21.9 Å². The standard InChI is InChI=1S/C27H29Cl2N7O3S/c1-3-21-25(29)31-27(33-40(37,38)20-16-30-36(18-20)17-19-8-5-4-6-9-19)32-26(21)39-23-11-7-10-22(24(23)28)35-14-12-34(2)13-15-35/h4-11,16,18H,3,12-15,17H2,1-2H3,(H,31,32,33). The fraction of sp³-hybridized carbons (Fsp3) is 0.296. The number of aromatic nitrogens is 4. The molecule has 0 radical (unpaired) electrons. The van der Waals surface area contributed by atoms with Crippen LogP contribution in [0.3, 0.4) is 0 Å². The predicted octanol–water partition coefficient (Wildman–Crippen LogP) is 4.94. The van der Waals surface area contributed by atoms with Crippen molar-refractivity contribution in [1.29, 1.82) is 0 Å². The van der Waals surface area contributed by atoms with Gasteiger partial charge in [0, 0.05) is 32.4 Å². The van der Waals surface area contributed by atoms with Crippen LogP contribution >= 0.6 is 23.2 Å². The Hall–Kier alpha value is -3.38. The topological polar surface area (TPSA) is 105 Å². The predicted molar refractivity (Wildman–Crippen MR) is 156 cm³/mol. The van der Waals surface area contributed by atoms with Gasteiger partial charge in [0.1, 0.15) is 20.8 Å². The van der Waals surface area contributed by atoms with Crippen molar-refractivity contribution in [2.45, 2.75) is 24.8 Å². The van der Waals surface area contributed by atoms with Gasteiger partial charge in [-0.15, -0.1) is 0 Å². The first-order valence-electron chi connectivity index (χ1n) is 12.8. The molecule has 5 rings (SSSR count). The summed E-state index contributed by atoms with van der Waals surface area (Å²) in [6, 6.07) is 15.2. The van der Waals surface area contributed by atoms with E-state index in [0.717, 1.165) is 37.4 Å². The Morgan fingerprint density at radius 1 is 1.00 bits per heavy atom. The van der Waals surface area contributed by atoms with Gasteiger partial charge in [-0.3, -0.25) is 4.68 Å². The fourth-order valence-corrected chi connectivity index (χ4v) is 5.83. The molecule has 0 amide bonds. The molecule has 0 spiro atoms. The zero-order chi connectivity index (χ0) is 28.3. The summed E-state index contributed by atoms with van der Waals surface area (Å²) in [5, 5.41) is 4.70. The number of hydrogen-bond donors (Lipinski definition) is 1. The van der Waals surface area contributed by atoms with E-state index in [4.69, 9.17) is 27.9 Å². The maximum atomic E-state index is 13.1. The molecule has 0 atom stereocenters. The van der Waals surface area contributed by atoms with Gasteiger partial charge in [-0.25, -0.2) is 13.1 Å². The Labute approximate surface area is 243 Å². The molecule has 0 bridgehead atoms. The number of likely N-dealkylation sites (N-methyl/N-ethyl adjacent to an activating group) is 1. The molecule has 2 aromatic carbocycles. The number of sulfonamides is 1. The van der Waals surface area contributed by atoms with Gasteiger partial charge in [0.05, 0.1) is 24.0 Å². The van der Waals surface area contributed by atoms with Gasteiger partial charge in [-0.2, -0.15) is 15.1 Å². The highest BCUT2D eigenvalue weighted by Crippen LogP contribution is 2.39. The van der Waals surface area contributed by atoms with Gasteiger partial charge in [0.25, 0.3) is 10.0 Å². The van der Waals surface area contributed by atoms with E-state index in [1.165, 1.54) is 12.4 Å². The first kappa shape index (κ1) is 28.2. The number of halogens is 2. The Morgan fingerprint density at radius 2 is 1.75 bits per heavy atom. The first-order valence-corrected chi connectivity index (χ1v) is 15.0. The molecule has 1 aliphatic rings. The van der Waals surface area contributed by atoms with Crippen molar-refractivity contribution in [3.8, 4) is 11.6 Å². The molecular weight excluding hydrogens is 573 g/mol. The highest BCUT2D eigenvalue weighted by molar-refractivity contribution is 7.92. The zero-order valence-electron chi connectivity index (χ0n) is 22.1. The van der Waals surface area contributed by atoms with Gasteiger partial charge in [-0.05, 0) is 31.2 Å². The summed E-state index contributed by atoms with van der Waals surface area (Å²) in [6.45, 7) is 5.84. The molecular formula is C27H29Cl2N7O3S. The van der Waals surface area contributed by atoms with Crippen molar-refractivity contribution in [3.63, 3.8) is 0 Å². The van der Waals surface area contributed by atoms with Crippen molar-refractivity contribution in [2.24, 2.45) is 0 Å². The molecule has 1 aliphatic heterocycles. The number of anilines is 2. The molecule has 1 saturated heterocycles. The third-order valence-corrected chi connectivity index (χ3v) is 8.57. The van der Waals surface area contributed by atoms with Gasteiger partial charge in [0.15, 0.2) is 0 Å². The van der Waals surface area contributed by atoms with Crippen molar-refractivity contribution in [2.75, 3.05) is 42.8 Å². The quantitative estimate of drug-likeness (QED) is 0.269. The highest BCUT2D eigenvalue weighted by atomic mass is 35.5. The lowest BCUT2D eigenvalue weighted by atomic mass is 10.2. The molecule has 2 aromatic heterocycles. The van der Waals surface area contributed by atoms with Gasteiger partial charge >= 0.3 is 0 Å². The minimum atomic E-state index is -4.05. The van der Waals surface area contributed by atoms with Gasteiger partial charge in [0.2, 0.25) is 11.8 Å². The smallest absolute Gasteiger partial charge is 0.267 e. The van der Waals surface area contributed by atoms with Gasteiger partial charge < -0.3 is 14.5 Å². The van der Waals surface area contributed by atoms with Crippen LogP contribution in [0.4, 0.5) is 11.6 Å². The maximum absolute atomic E-state index is 13.1. The van der Waals surface area contributed by atoms with Crippen molar-refractivity contribution in [1.82, 2.24) is 24.6 Å². The van der Waals surface area contributed by atoms with Crippen LogP contribution in [0.5, 0.6) is 11.6 Å². The number of benzene rings is 2. The molecule has 0 aliphatic carbocycles. The van der Waals surface area contributed by atoms with E-state index < -0.39 is 10.0 Å². The number of ether oxygens (including phenoxy) is 1. The van der Waals surface area contributed by atoms with E-state index in [9.17, 15) is 8.42 Å². The largest absolute Gasteiger partial charge is 0.437 e. The summed E-state index contributed by atoms with van der Waals surface area (Å²) in [5.74, 6) is 0.287. The van der Waals surface area contributed by atoms with Crippen LogP contribution in [0.1, 0.15) is 18.1 Å². The number of hydrogen-bond acceptors (Lipinski definition) is 8. The lowest BCUT2D eigenvalue weighted by Crippen LogP contribution is -2.44. The third-order valence-electron chi connectivity index (χ3n) is 6.60. The molecule has 3 heterocycles. The summed E-state index contributed by atoms with van der Waals surface area (Å²) in [7, 11) is -1.96. The fourth-order valence-electron chi connectivity index (χ4n) is 4.36. The molecule has 1 fully saturated rings. The summed E-state index contributed by atoms with van der Waals surface area (Å²) >= 11 is 13.2. The average molecular weight is 603 g/mol. The Kier molecular flexibility index (Phi) is 8.46. The van der Waals surface area contributed by atoms with E-state index in [2.05, 4.69) is 36.6 Å². The van der Waals surface area contributed by atoms with Gasteiger partial charge in [-0.1, -0.05) is 66.5 Å². The normalized spacial score (nSPS) is 14.3. The molecule has 40 heavy (non-hydrogen) atoms. The van der Waals surface area contributed by atoms with Crippen LogP contribution in [0.15, 0.2) is 65.8 Å². The van der Waals surface area contributed by atoms with E-state index >= 15 is 0 Å². The van der Waals surface area contributed by atoms with E-state index in [1.54, 1.807) is 10.7 Å². The maximum Gasteiger partial charge on any atom is 0.267 e. The molecule has 4 aromatic rings.